The van der Waals surface area contributed by atoms with Gasteiger partial charge in [0.15, 0.2) is 0 Å². The normalized spacial score (nSPS) is 39.0. The maximum Gasteiger partial charge on any atom is 0.0849 e. The molecule has 1 rings (SSSR count). The number of methoxy groups -OCH3 is 1. The molecule has 1 aliphatic carbocycles. The van der Waals surface area contributed by atoms with Crippen molar-refractivity contribution in [3.05, 3.63) is 0 Å². The molecule has 0 aromatic carbocycles. The van der Waals surface area contributed by atoms with Gasteiger partial charge in [-0.25, -0.2) is 0 Å². The third-order valence-electron chi connectivity index (χ3n) is 2.33. The highest BCUT2D eigenvalue weighted by Crippen LogP contribution is 2.24. The Kier molecular flexibility index (Phi) is 3.30. The molecule has 1 aliphatic rings. The van der Waals surface area contributed by atoms with Crippen LogP contribution in [0.5, 0.6) is 0 Å². The molecule has 3 heteroatoms. The highest BCUT2D eigenvalue weighted by Gasteiger charge is 2.29. The molecule has 0 amide bonds. The molecule has 0 radical (unpaired) electrons. The summed E-state index contributed by atoms with van der Waals surface area (Å²) in [7, 11) is 1.62. The smallest absolute Gasteiger partial charge is 0.0849 e. The van der Waals surface area contributed by atoms with E-state index in [0.717, 1.165) is 19.3 Å². The number of rotatable bonds is 2. The van der Waals surface area contributed by atoms with Crippen LogP contribution in [0.3, 0.4) is 0 Å². The Hall–Kier alpha value is -0.120. The van der Waals surface area contributed by atoms with Crippen LogP contribution in [-0.2, 0) is 4.74 Å². The van der Waals surface area contributed by atoms with Crippen LogP contribution in [0, 0.1) is 5.92 Å². The Morgan fingerprint density at radius 1 is 1.36 bits per heavy atom. The van der Waals surface area contributed by atoms with E-state index >= 15 is 0 Å². The molecule has 0 aliphatic heterocycles. The van der Waals surface area contributed by atoms with Crippen LogP contribution < -0.4 is 0 Å². The van der Waals surface area contributed by atoms with Gasteiger partial charge in [0.2, 0.25) is 0 Å². The van der Waals surface area contributed by atoms with E-state index in [1.165, 1.54) is 0 Å². The zero-order chi connectivity index (χ0) is 8.27. The molecule has 1 saturated carbocycles. The molecule has 0 aromatic heterocycles. The van der Waals surface area contributed by atoms with Crippen LogP contribution in [0.2, 0.25) is 0 Å². The Bertz CT molecular complexity index is 114. The Balaban J connectivity index is 2.38. The first-order chi connectivity index (χ1) is 5.25. The summed E-state index contributed by atoms with van der Waals surface area (Å²) in [6.45, 7) is 0.554. The third kappa shape index (κ3) is 2.15. The molecule has 1 fully saturated rings. The number of aliphatic hydroxyl groups is 2. The molecule has 2 N–H and O–H groups in total. The summed E-state index contributed by atoms with van der Waals surface area (Å²) in [5, 5.41) is 18.7. The maximum absolute atomic E-state index is 9.44. The minimum atomic E-state index is -0.580. The highest BCUT2D eigenvalue weighted by atomic mass is 16.5. The van der Waals surface area contributed by atoms with Gasteiger partial charge in [-0.15, -0.1) is 0 Å². The van der Waals surface area contributed by atoms with Crippen LogP contribution in [0.15, 0.2) is 0 Å². The molecular formula is C8H16O3. The van der Waals surface area contributed by atoms with Crippen molar-refractivity contribution in [1.29, 1.82) is 0 Å². The SMILES string of the molecule is COCC1CCC[C@H](O)[C@@H]1O. The zero-order valence-electron chi connectivity index (χ0n) is 6.86. The lowest BCUT2D eigenvalue weighted by Crippen LogP contribution is -2.39. The van der Waals surface area contributed by atoms with Gasteiger partial charge in [0, 0.05) is 13.0 Å². The van der Waals surface area contributed by atoms with Crippen LogP contribution in [0.25, 0.3) is 0 Å². The van der Waals surface area contributed by atoms with E-state index in [-0.39, 0.29) is 5.92 Å². The summed E-state index contributed by atoms with van der Waals surface area (Å²) in [5.74, 6) is 0.128. The summed E-state index contributed by atoms with van der Waals surface area (Å²) in [5.41, 5.74) is 0. The lowest BCUT2D eigenvalue weighted by Gasteiger charge is -2.31. The minimum absolute atomic E-state index is 0.128. The fraction of sp³-hybridized carbons (Fsp3) is 1.00. The lowest BCUT2D eigenvalue weighted by atomic mass is 9.85. The van der Waals surface area contributed by atoms with E-state index in [4.69, 9.17) is 4.74 Å². The summed E-state index contributed by atoms with van der Waals surface area (Å²) < 4.78 is 4.93. The first kappa shape index (κ1) is 8.97. The van der Waals surface area contributed by atoms with Gasteiger partial charge in [-0.2, -0.15) is 0 Å². The molecule has 0 spiro atoms. The number of aliphatic hydroxyl groups excluding tert-OH is 2. The average molecular weight is 160 g/mol. The van der Waals surface area contributed by atoms with Gasteiger partial charge in [0.05, 0.1) is 18.8 Å². The fourth-order valence-corrected chi connectivity index (χ4v) is 1.64. The van der Waals surface area contributed by atoms with Gasteiger partial charge < -0.3 is 14.9 Å². The molecule has 0 saturated heterocycles. The summed E-state index contributed by atoms with van der Waals surface area (Å²) in [4.78, 5) is 0. The second-order valence-electron chi connectivity index (χ2n) is 3.20. The summed E-state index contributed by atoms with van der Waals surface area (Å²) >= 11 is 0. The van der Waals surface area contributed by atoms with Crippen molar-refractivity contribution >= 4 is 0 Å². The van der Waals surface area contributed by atoms with Gasteiger partial charge in [-0.1, -0.05) is 6.42 Å². The Morgan fingerprint density at radius 3 is 2.73 bits per heavy atom. The van der Waals surface area contributed by atoms with E-state index < -0.39 is 12.2 Å². The number of ether oxygens (including phenoxy) is 1. The number of hydrogen-bond acceptors (Lipinski definition) is 3. The minimum Gasteiger partial charge on any atom is -0.390 e. The molecule has 0 aromatic rings. The average Bonchev–Trinajstić information content (AvgIpc) is 1.99. The molecule has 1 unspecified atom stereocenters. The number of hydrogen-bond donors (Lipinski definition) is 2. The van der Waals surface area contributed by atoms with E-state index in [9.17, 15) is 10.2 Å². The predicted octanol–water partition coefficient (Wildman–Crippen LogP) is 0.155. The molecule has 0 bridgehead atoms. The monoisotopic (exact) mass is 160 g/mol. The van der Waals surface area contributed by atoms with Crippen LogP contribution in [0.1, 0.15) is 19.3 Å². The van der Waals surface area contributed by atoms with Gasteiger partial charge in [0.1, 0.15) is 0 Å². The van der Waals surface area contributed by atoms with Crippen molar-refractivity contribution in [2.45, 2.75) is 31.5 Å². The summed E-state index contributed by atoms with van der Waals surface area (Å²) in [6, 6.07) is 0. The van der Waals surface area contributed by atoms with Gasteiger partial charge in [0.25, 0.3) is 0 Å². The maximum atomic E-state index is 9.44. The largest absolute Gasteiger partial charge is 0.390 e. The second-order valence-corrected chi connectivity index (χ2v) is 3.20. The van der Waals surface area contributed by atoms with Crippen molar-refractivity contribution in [1.82, 2.24) is 0 Å². The van der Waals surface area contributed by atoms with Gasteiger partial charge >= 0.3 is 0 Å². The first-order valence-electron chi connectivity index (χ1n) is 4.10. The van der Waals surface area contributed by atoms with Crippen LogP contribution in [0.4, 0.5) is 0 Å². The molecule has 66 valence electrons. The molecular weight excluding hydrogens is 144 g/mol. The highest BCUT2D eigenvalue weighted by molar-refractivity contribution is 4.80. The van der Waals surface area contributed by atoms with Gasteiger partial charge in [-0.3, -0.25) is 0 Å². The van der Waals surface area contributed by atoms with E-state index in [1.807, 2.05) is 0 Å². The summed E-state index contributed by atoms with van der Waals surface area (Å²) in [6.07, 6.45) is 1.56. The van der Waals surface area contributed by atoms with Crippen molar-refractivity contribution in [2.24, 2.45) is 5.92 Å². The molecule has 3 nitrogen and oxygen atoms in total. The molecule has 3 atom stereocenters. The second kappa shape index (κ2) is 4.04. The van der Waals surface area contributed by atoms with Crippen molar-refractivity contribution < 1.29 is 14.9 Å². The third-order valence-corrected chi connectivity index (χ3v) is 2.33. The topological polar surface area (TPSA) is 49.7 Å². The van der Waals surface area contributed by atoms with E-state index in [0.29, 0.717) is 6.61 Å². The lowest BCUT2D eigenvalue weighted by molar-refractivity contribution is -0.0637. The standard InChI is InChI=1S/C8H16O3/c1-11-5-6-3-2-4-7(9)8(6)10/h6-10H,2-5H2,1H3/t6?,7-,8+/m0/s1. The molecule has 11 heavy (non-hydrogen) atoms. The van der Waals surface area contributed by atoms with Crippen molar-refractivity contribution in [3.63, 3.8) is 0 Å². The first-order valence-corrected chi connectivity index (χ1v) is 4.10. The zero-order valence-corrected chi connectivity index (χ0v) is 6.86. The van der Waals surface area contributed by atoms with Crippen molar-refractivity contribution in [3.8, 4) is 0 Å². The Labute approximate surface area is 67.0 Å². The van der Waals surface area contributed by atoms with Gasteiger partial charge in [-0.05, 0) is 12.8 Å². The quantitative estimate of drug-likeness (QED) is 0.604. The fourth-order valence-electron chi connectivity index (χ4n) is 1.64. The molecule has 0 heterocycles. The van der Waals surface area contributed by atoms with Crippen LogP contribution >= 0.6 is 0 Å². The van der Waals surface area contributed by atoms with E-state index in [1.54, 1.807) is 7.11 Å². The Morgan fingerprint density at radius 2 is 2.09 bits per heavy atom. The van der Waals surface area contributed by atoms with E-state index in [2.05, 4.69) is 0 Å². The predicted molar refractivity (Wildman–Crippen MR) is 41.2 cm³/mol. The van der Waals surface area contributed by atoms with Crippen LogP contribution in [-0.4, -0.2) is 36.1 Å². The van der Waals surface area contributed by atoms with Crippen molar-refractivity contribution in [2.75, 3.05) is 13.7 Å².